The van der Waals surface area contributed by atoms with E-state index in [2.05, 4.69) is 28.3 Å². The molecule has 0 bridgehead atoms. The van der Waals surface area contributed by atoms with Crippen LogP contribution in [0, 0.1) is 0 Å². The maximum atomic E-state index is 12.2. The van der Waals surface area contributed by atoms with Crippen LogP contribution in [0.4, 0.5) is 5.82 Å². The molecule has 0 spiro atoms. The number of hydrogen-bond donors (Lipinski definition) is 2. The second-order valence-corrected chi connectivity index (χ2v) is 5.98. The highest BCUT2D eigenvalue weighted by Gasteiger charge is 2.23. The van der Waals surface area contributed by atoms with Gasteiger partial charge in [0.2, 0.25) is 0 Å². The highest BCUT2D eigenvalue weighted by atomic mass is 16.1. The first-order chi connectivity index (χ1) is 10.2. The third-order valence-corrected chi connectivity index (χ3v) is 4.77. The molecule has 1 aromatic carbocycles. The monoisotopic (exact) mass is 285 g/mol. The van der Waals surface area contributed by atoms with Crippen LogP contribution in [-0.2, 0) is 0 Å². The number of aromatic amines is 1. The lowest BCUT2D eigenvalue weighted by Gasteiger charge is -2.35. The predicted molar refractivity (Wildman–Crippen MR) is 88.1 cm³/mol. The number of rotatable bonds is 3. The normalized spacial score (nSPS) is 22.4. The highest BCUT2D eigenvalue weighted by Crippen LogP contribution is 2.26. The van der Waals surface area contributed by atoms with E-state index in [0.29, 0.717) is 12.1 Å². The van der Waals surface area contributed by atoms with Gasteiger partial charge in [-0.15, -0.1) is 0 Å². The summed E-state index contributed by atoms with van der Waals surface area (Å²) >= 11 is 0. The van der Waals surface area contributed by atoms with Crippen molar-refractivity contribution < 1.29 is 0 Å². The van der Waals surface area contributed by atoms with Crippen LogP contribution < -0.4 is 15.8 Å². The van der Waals surface area contributed by atoms with E-state index in [4.69, 9.17) is 0 Å². The van der Waals surface area contributed by atoms with Gasteiger partial charge in [-0.1, -0.05) is 18.2 Å². The minimum atomic E-state index is -0.00105. The van der Waals surface area contributed by atoms with Gasteiger partial charge in [0.15, 0.2) is 0 Å². The lowest BCUT2D eigenvalue weighted by atomic mass is 9.90. The van der Waals surface area contributed by atoms with Gasteiger partial charge in [0, 0.05) is 24.5 Å². The Balaban J connectivity index is 1.85. The minimum Gasteiger partial charge on any atom is -0.358 e. The summed E-state index contributed by atoms with van der Waals surface area (Å²) in [5, 5.41) is 5.12. The second kappa shape index (κ2) is 5.90. The summed E-state index contributed by atoms with van der Waals surface area (Å²) in [6.45, 7) is 0. The molecule has 1 fully saturated rings. The largest absolute Gasteiger partial charge is 0.358 e. The van der Waals surface area contributed by atoms with Crippen LogP contribution >= 0.6 is 0 Å². The van der Waals surface area contributed by atoms with Gasteiger partial charge in [-0.2, -0.15) is 0 Å². The number of hydrogen-bond acceptors (Lipinski definition) is 3. The van der Waals surface area contributed by atoms with E-state index in [1.54, 1.807) is 0 Å². The number of anilines is 1. The van der Waals surface area contributed by atoms with Crippen LogP contribution in [0.25, 0.3) is 10.8 Å². The number of benzene rings is 1. The summed E-state index contributed by atoms with van der Waals surface area (Å²) in [7, 11) is 4.12. The van der Waals surface area contributed by atoms with Gasteiger partial charge in [-0.3, -0.25) is 4.79 Å². The molecule has 1 aliphatic rings. The fourth-order valence-electron chi connectivity index (χ4n) is 3.34. The molecule has 2 aromatic rings. The quantitative estimate of drug-likeness (QED) is 0.911. The van der Waals surface area contributed by atoms with Crippen LogP contribution in [0.3, 0.4) is 0 Å². The van der Waals surface area contributed by atoms with Gasteiger partial charge in [0.25, 0.3) is 5.56 Å². The molecule has 0 unspecified atom stereocenters. The number of fused-ring (bicyclic) bond motifs is 1. The molecule has 1 aliphatic carbocycles. The van der Waals surface area contributed by atoms with E-state index < -0.39 is 0 Å². The zero-order chi connectivity index (χ0) is 14.8. The number of nitrogens with zero attached hydrogens (tertiary/aromatic N) is 1. The molecule has 21 heavy (non-hydrogen) atoms. The van der Waals surface area contributed by atoms with Gasteiger partial charge in [0.05, 0.1) is 0 Å². The summed E-state index contributed by atoms with van der Waals surface area (Å²) in [6, 6.07) is 11.0. The molecule has 0 aliphatic heterocycles. The average Bonchev–Trinajstić information content (AvgIpc) is 2.54. The Morgan fingerprint density at radius 2 is 1.90 bits per heavy atom. The molecule has 0 atom stereocenters. The summed E-state index contributed by atoms with van der Waals surface area (Å²) in [6.07, 6.45) is 4.72. The maximum Gasteiger partial charge on any atom is 0.257 e. The van der Waals surface area contributed by atoms with Crippen molar-refractivity contribution in [3.05, 3.63) is 40.7 Å². The van der Waals surface area contributed by atoms with Crippen molar-refractivity contribution in [2.45, 2.75) is 37.8 Å². The molecular formula is C17H23N3O. The minimum absolute atomic E-state index is 0.00105. The van der Waals surface area contributed by atoms with Crippen molar-refractivity contribution >= 4 is 16.6 Å². The van der Waals surface area contributed by atoms with Crippen molar-refractivity contribution in [3.8, 4) is 0 Å². The third-order valence-electron chi connectivity index (χ3n) is 4.77. The zero-order valence-corrected chi connectivity index (χ0v) is 12.7. The Morgan fingerprint density at radius 3 is 2.62 bits per heavy atom. The first kappa shape index (κ1) is 14.1. The van der Waals surface area contributed by atoms with Crippen LogP contribution in [0.5, 0.6) is 0 Å². The summed E-state index contributed by atoms with van der Waals surface area (Å²) in [5.74, 6) is 0.923. The van der Waals surface area contributed by atoms with Gasteiger partial charge < -0.3 is 15.2 Å². The van der Waals surface area contributed by atoms with Gasteiger partial charge in [-0.25, -0.2) is 0 Å². The molecule has 112 valence electrons. The topological polar surface area (TPSA) is 48.1 Å². The lowest BCUT2D eigenvalue weighted by Crippen LogP contribution is -2.40. The van der Waals surface area contributed by atoms with Crippen LogP contribution in [0.2, 0.25) is 0 Å². The number of H-pyrrole nitrogens is 1. The first-order valence-corrected chi connectivity index (χ1v) is 7.71. The fourth-order valence-corrected chi connectivity index (χ4v) is 3.34. The van der Waals surface area contributed by atoms with Crippen LogP contribution in [0.15, 0.2) is 35.1 Å². The smallest absolute Gasteiger partial charge is 0.257 e. The van der Waals surface area contributed by atoms with Gasteiger partial charge >= 0.3 is 0 Å². The summed E-state index contributed by atoms with van der Waals surface area (Å²) < 4.78 is 0. The van der Waals surface area contributed by atoms with E-state index in [9.17, 15) is 4.79 Å². The number of aromatic nitrogens is 1. The Bertz CT molecular complexity index is 671. The van der Waals surface area contributed by atoms with Crippen LogP contribution in [0.1, 0.15) is 25.7 Å². The van der Waals surface area contributed by atoms with Gasteiger partial charge in [-0.05, 0) is 50.2 Å². The molecule has 1 saturated carbocycles. The Labute approximate surface area is 125 Å². The summed E-state index contributed by atoms with van der Waals surface area (Å²) in [5.41, 5.74) is -0.00105. The molecule has 1 heterocycles. The van der Waals surface area contributed by atoms with E-state index in [1.165, 1.54) is 12.8 Å². The van der Waals surface area contributed by atoms with Crippen molar-refractivity contribution in [1.29, 1.82) is 0 Å². The lowest BCUT2D eigenvalue weighted by molar-refractivity contribution is 0.350. The van der Waals surface area contributed by atoms with E-state index in [1.807, 2.05) is 31.3 Å². The Kier molecular flexibility index (Phi) is 3.97. The molecule has 2 N–H and O–H groups in total. The van der Waals surface area contributed by atoms with Crippen molar-refractivity contribution in [3.63, 3.8) is 0 Å². The third kappa shape index (κ3) is 2.81. The van der Waals surface area contributed by atoms with E-state index in [0.717, 1.165) is 29.4 Å². The molecule has 3 rings (SSSR count). The van der Waals surface area contributed by atoms with Crippen molar-refractivity contribution in [2.24, 2.45) is 0 Å². The van der Waals surface area contributed by atoms with E-state index in [-0.39, 0.29) is 5.56 Å². The molecule has 0 radical (unpaired) electrons. The molecule has 4 nitrogen and oxygen atoms in total. The highest BCUT2D eigenvalue weighted by molar-refractivity contribution is 5.83. The first-order valence-electron chi connectivity index (χ1n) is 7.71. The predicted octanol–water partition coefficient (Wildman–Crippen LogP) is 2.49. The molecule has 4 heteroatoms. The number of pyridine rings is 1. The average molecular weight is 285 g/mol. The molecular weight excluding hydrogens is 262 g/mol. The molecule has 0 saturated heterocycles. The van der Waals surface area contributed by atoms with Gasteiger partial charge in [0.1, 0.15) is 5.82 Å². The maximum absolute atomic E-state index is 12.2. The Hall–Kier alpha value is -1.81. The van der Waals surface area contributed by atoms with Crippen LogP contribution in [-0.4, -0.2) is 31.2 Å². The fraction of sp³-hybridized carbons (Fsp3) is 0.471. The molecule has 0 amide bonds. The second-order valence-electron chi connectivity index (χ2n) is 5.98. The van der Waals surface area contributed by atoms with E-state index >= 15 is 0 Å². The van der Waals surface area contributed by atoms with Crippen molar-refractivity contribution in [2.75, 3.05) is 19.0 Å². The number of nitrogens with one attached hydrogen (secondary N) is 2. The molecule has 1 aromatic heterocycles. The standard InChI is InChI=1S/C17H23N3O/c1-18-13-7-9-14(10-8-13)20(2)16-11-12-5-3-4-6-15(12)17(21)19-16/h3-6,11,13-14,18H,7-10H2,1-2H3,(H,19,21). The van der Waals surface area contributed by atoms with Crippen molar-refractivity contribution in [1.82, 2.24) is 10.3 Å². The SMILES string of the molecule is CNC1CCC(N(C)c2cc3ccccc3c(=O)[nH]2)CC1. The zero-order valence-electron chi connectivity index (χ0n) is 12.7. The Morgan fingerprint density at radius 1 is 1.19 bits per heavy atom. The summed E-state index contributed by atoms with van der Waals surface area (Å²) in [4.78, 5) is 17.5.